The fourth-order valence-electron chi connectivity index (χ4n) is 4.82. The fraction of sp³-hybridized carbons (Fsp3) is 0.821. The van der Waals surface area contributed by atoms with Crippen LogP contribution in [0.2, 0.25) is 0 Å². The Balaban J connectivity index is 2.94. The van der Waals surface area contributed by atoms with Crippen molar-refractivity contribution < 1.29 is 19.5 Å². The molecule has 1 saturated heterocycles. The fourth-order valence-corrected chi connectivity index (χ4v) is 4.82. The number of hydrogen-bond acceptors (Lipinski definition) is 5. The van der Waals surface area contributed by atoms with Crippen molar-refractivity contribution in [1.82, 2.24) is 20.4 Å². The summed E-state index contributed by atoms with van der Waals surface area (Å²) in [4.78, 5) is 43.4. The van der Waals surface area contributed by atoms with Crippen LogP contribution in [0.5, 0.6) is 0 Å². The second kappa shape index (κ2) is 16.0. The predicted octanol–water partition coefficient (Wildman–Crippen LogP) is 3.10. The Morgan fingerprint density at radius 2 is 1.69 bits per heavy atom. The second-order valence-corrected chi connectivity index (χ2v) is 11.1. The molecule has 0 aromatic carbocycles. The van der Waals surface area contributed by atoms with Crippen molar-refractivity contribution in [3.63, 3.8) is 0 Å². The van der Waals surface area contributed by atoms with Gasteiger partial charge in [-0.25, -0.2) is 0 Å². The number of nitrogens with zero attached hydrogens (tertiary/aromatic N) is 2. The molecule has 0 saturated carbocycles. The van der Waals surface area contributed by atoms with E-state index >= 15 is 0 Å². The molecule has 3 amide bonds. The largest absolute Gasteiger partial charge is 0.396 e. The topological polar surface area (TPSA) is 102 Å². The number of rotatable bonds is 14. The maximum atomic E-state index is 13.6. The quantitative estimate of drug-likeness (QED) is 0.247. The van der Waals surface area contributed by atoms with Crippen molar-refractivity contribution in [1.29, 1.82) is 0 Å². The van der Waals surface area contributed by atoms with Crippen LogP contribution in [0, 0.1) is 11.8 Å². The number of likely N-dealkylation sites (N-methyl/N-ethyl adjacent to an activating group) is 1. The van der Waals surface area contributed by atoms with Gasteiger partial charge >= 0.3 is 0 Å². The van der Waals surface area contributed by atoms with E-state index in [0.29, 0.717) is 12.1 Å². The van der Waals surface area contributed by atoms with Crippen LogP contribution in [0.25, 0.3) is 0 Å². The highest BCUT2D eigenvalue weighted by Gasteiger charge is 2.35. The minimum atomic E-state index is -0.631. The van der Waals surface area contributed by atoms with Gasteiger partial charge in [0.05, 0.1) is 12.1 Å². The van der Waals surface area contributed by atoms with Gasteiger partial charge in [-0.2, -0.15) is 0 Å². The van der Waals surface area contributed by atoms with E-state index in [1.807, 2.05) is 33.8 Å². The van der Waals surface area contributed by atoms with Crippen molar-refractivity contribution in [2.24, 2.45) is 11.8 Å². The summed E-state index contributed by atoms with van der Waals surface area (Å²) in [6.45, 7) is 15.6. The Morgan fingerprint density at radius 3 is 2.25 bits per heavy atom. The molecule has 208 valence electrons. The van der Waals surface area contributed by atoms with Crippen molar-refractivity contribution >= 4 is 17.7 Å². The third kappa shape index (κ3) is 9.85. The summed E-state index contributed by atoms with van der Waals surface area (Å²) in [5.74, 6) is -0.343. The molecule has 0 aliphatic carbocycles. The van der Waals surface area contributed by atoms with Crippen molar-refractivity contribution in [3.05, 3.63) is 11.6 Å². The van der Waals surface area contributed by atoms with E-state index in [9.17, 15) is 14.4 Å². The smallest absolute Gasteiger partial charge is 0.246 e. The number of carbonyl (C=O) groups is 3. The minimum Gasteiger partial charge on any atom is -0.396 e. The number of piperidine rings is 1. The van der Waals surface area contributed by atoms with Crippen molar-refractivity contribution in [2.45, 2.75) is 111 Å². The number of amides is 3. The molecule has 3 atom stereocenters. The maximum absolute atomic E-state index is 13.6. The average molecular weight is 509 g/mol. The lowest BCUT2D eigenvalue weighted by atomic mass is 9.95. The zero-order chi connectivity index (χ0) is 27.4. The maximum Gasteiger partial charge on any atom is 0.246 e. The Hall–Kier alpha value is -1.93. The van der Waals surface area contributed by atoms with E-state index in [1.54, 1.807) is 18.9 Å². The molecule has 3 N–H and O–H groups in total. The van der Waals surface area contributed by atoms with Crippen LogP contribution < -0.4 is 10.6 Å². The number of hydrogen-bond donors (Lipinski definition) is 3. The first-order chi connectivity index (χ1) is 16.9. The molecule has 0 spiro atoms. The van der Waals surface area contributed by atoms with Gasteiger partial charge in [-0.1, -0.05) is 40.2 Å². The first-order valence-corrected chi connectivity index (χ1v) is 13.8. The Morgan fingerprint density at radius 1 is 1.03 bits per heavy atom. The molecule has 1 fully saturated rings. The van der Waals surface area contributed by atoms with Crippen LogP contribution in [0.1, 0.15) is 87.0 Å². The van der Waals surface area contributed by atoms with Crippen molar-refractivity contribution in [2.75, 3.05) is 26.7 Å². The molecule has 0 aromatic rings. The highest BCUT2D eigenvalue weighted by Crippen LogP contribution is 2.21. The molecule has 36 heavy (non-hydrogen) atoms. The molecule has 1 aliphatic heterocycles. The van der Waals surface area contributed by atoms with Gasteiger partial charge in [0.1, 0.15) is 6.04 Å². The summed E-state index contributed by atoms with van der Waals surface area (Å²) in [5, 5.41) is 14.9. The summed E-state index contributed by atoms with van der Waals surface area (Å²) in [7, 11) is 1.76. The first-order valence-electron chi connectivity index (χ1n) is 13.8. The van der Waals surface area contributed by atoms with E-state index in [4.69, 9.17) is 5.11 Å². The number of unbranched alkanes of at least 4 members (excludes halogenated alkanes) is 2. The van der Waals surface area contributed by atoms with E-state index in [0.717, 1.165) is 45.1 Å². The molecule has 1 rings (SSSR count). The zero-order valence-electron chi connectivity index (χ0n) is 24.0. The lowest BCUT2D eigenvalue weighted by Crippen LogP contribution is -2.58. The number of aliphatic hydroxyl groups is 1. The van der Waals surface area contributed by atoms with Crippen LogP contribution in [0.4, 0.5) is 0 Å². The van der Waals surface area contributed by atoms with Gasteiger partial charge in [-0.3, -0.25) is 19.3 Å². The molecule has 0 bridgehead atoms. The summed E-state index contributed by atoms with van der Waals surface area (Å²) in [6, 6.07) is -0.843. The Bertz CT molecular complexity index is 735. The molecular weight excluding hydrogens is 456 g/mol. The number of nitrogens with one attached hydrogen (secondary N) is 2. The third-order valence-electron chi connectivity index (χ3n) is 7.12. The average Bonchev–Trinajstić information content (AvgIpc) is 2.83. The van der Waals surface area contributed by atoms with E-state index in [-0.39, 0.29) is 54.3 Å². The van der Waals surface area contributed by atoms with Gasteiger partial charge < -0.3 is 20.6 Å². The standard InChI is InChI=1S/C28H52N4O4/c1-19(2)24(18-22(7)26(34)29-15-11-9-13-17-33)31(8)28(36)25(20(3)4)30-27(35)23-14-10-12-16-32(23)21(5)6/h18-21,23-25,33H,9-17H2,1-8H3,(H,29,34)(H,30,35)/b22-18+/t23?,24-,25+/m1/s1. The van der Waals surface area contributed by atoms with Gasteiger partial charge in [-0.05, 0) is 71.3 Å². The van der Waals surface area contributed by atoms with Gasteiger partial charge in [0.2, 0.25) is 17.7 Å². The summed E-state index contributed by atoms with van der Waals surface area (Å²) < 4.78 is 0. The van der Waals surface area contributed by atoms with E-state index in [2.05, 4.69) is 29.4 Å². The van der Waals surface area contributed by atoms with Crippen LogP contribution in [0.15, 0.2) is 11.6 Å². The highest BCUT2D eigenvalue weighted by atomic mass is 16.3. The Labute approximate surface area is 219 Å². The lowest BCUT2D eigenvalue weighted by molar-refractivity contribution is -0.140. The van der Waals surface area contributed by atoms with Gasteiger partial charge in [-0.15, -0.1) is 0 Å². The molecule has 1 heterocycles. The SMILES string of the molecule is C/C(=C\[C@H](C(C)C)N(C)C(=O)[C@@H](NC(=O)C1CCCCN1C(C)C)C(C)C)C(=O)NCCCCCO. The number of aliphatic hydroxyl groups excluding tert-OH is 1. The molecule has 8 heteroatoms. The Kier molecular flexibility index (Phi) is 14.3. The zero-order valence-corrected chi connectivity index (χ0v) is 24.0. The molecular formula is C28H52N4O4. The second-order valence-electron chi connectivity index (χ2n) is 11.1. The van der Waals surface area contributed by atoms with Gasteiger partial charge in [0, 0.05) is 31.8 Å². The molecule has 1 unspecified atom stereocenters. The summed E-state index contributed by atoms with van der Waals surface area (Å²) in [5.41, 5.74) is 0.565. The number of likely N-dealkylation sites (tertiary alicyclic amines) is 1. The lowest BCUT2D eigenvalue weighted by Gasteiger charge is -2.39. The van der Waals surface area contributed by atoms with E-state index < -0.39 is 6.04 Å². The van der Waals surface area contributed by atoms with Crippen LogP contribution in [0.3, 0.4) is 0 Å². The molecule has 0 aromatic heterocycles. The third-order valence-corrected chi connectivity index (χ3v) is 7.12. The molecule has 1 aliphatic rings. The summed E-state index contributed by atoms with van der Waals surface area (Å²) in [6.07, 6.45) is 7.19. The highest BCUT2D eigenvalue weighted by molar-refractivity contribution is 5.93. The summed E-state index contributed by atoms with van der Waals surface area (Å²) >= 11 is 0. The van der Waals surface area contributed by atoms with Gasteiger partial charge in [0.15, 0.2) is 0 Å². The van der Waals surface area contributed by atoms with E-state index in [1.165, 1.54) is 0 Å². The van der Waals surface area contributed by atoms with Crippen molar-refractivity contribution in [3.8, 4) is 0 Å². The monoisotopic (exact) mass is 508 g/mol. The number of carbonyl (C=O) groups excluding carboxylic acids is 3. The normalized spacial score (nSPS) is 18.9. The molecule has 0 radical (unpaired) electrons. The predicted molar refractivity (Wildman–Crippen MR) is 145 cm³/mol. The minimum absolute atomic E-state index is 0.0694. The van der Waals surface area contributed by atoms with Crippen LogP contribution >= 0.6 is 0 Å². The first kappa shape index (κ1) is 32.1. The van der Waals surface area contributed by atoms with Crippen LogP contribution in [-0.2, 0) is 14.4 Å². The molecule has 8 nitrogen and oxygen atoms in total. The van der Waals surface area contributed by atoms with Crippen LogP contribution in [-0.4, -0.2) is 83.5 Å². The van der Waals surface area contributed by atoms with Gasteiger partial charge in [0.25, 0.3) is 0 Å².